The Morgan fingerprint density at radius 3 is 2.76 bits per heavy atom. The fourth-order valence-electron chi connectivity index (χ4n) is 1.95. The van der Waals surface area contributed by atoms with E-state index in [2.05, 4.69) is 5.32 Å². The predicted octanol–water partition coefficient (Wildman–Crippen LogP) is 1.36. The first-order chi connectivity index (χ1) is 8.06. The fourth-order valence-corrected chi connectivity index (χ4v) is 1.95. The van der Waals surface area contributed by atoms with Gasteiger partial charge in [0, 0.05) is 18.7 Å². The van der Waals surface area contributed by atoms with Gasteiger partial charge in [0.15, 0.2) is 0 Å². The van der Waals surface area contributed by atoms with Gasteiger partial charge in [-0.2, -0.15) is 0 Å². The van der Waals surface area contributed by atoms with Crippen LogP contribution >= 0.6 is 0 Å². The van der Waals surface area contributed by atoms with E-state index < -0.39 is 4.92 Å². The number of nitrogens with zero attached hydrogens (tertiary/aromatic N) is 1. The zero-order valence-electron chi connectivity index (χ0n) is 9.30. The van der Waals surface area contributed by atoms with E-state index in [0.717, 1.165) is 19.4 Å². The van der Waals surface area contributed by atoms with Gasteiger partial charge in [0.1, 0.15) is 0 Å². The number of nitro benzene ring substituents is 1. The predicted molar refractivity (Wildman–Crippen MR) is 64.7 cm³/mol. The summed E-state index contributed by atoms with van der Waals surface area (Å²) < 4.78 is 0. The quantitative estimate of drug-likeness (QED) is 0.417. The molecule has 0 bridgehead atoms. The van der Waals surface area contributed by atoms with Gasteiger partial charge in [0.05, 0.1) is 22.4 Å². The maximum atomic E-state index is 10.5. The number of non-ortho nitro benzene ring substituents is 1. The van der Waals surface area contributed by atoms with Crippen molar-refractivity contribution >= 4 is 17.1 Å². The minimum Gasteiger partial charge on any atom is -0.397 e. The topological polar surface area (TPSA) is 101 Å². The van der Waals surface area contributed by atoms with Gasteiger partial charge in [-0.15, -0.1) is 0 Å². The first kappa shape index (κ1) is 11.7. The molecule has 17 heavy (non-hydrogen) atoms. The molecule has 0 radical (unpaired) electrons. The molecule has 0 aliphatic heterocycles. The summed E-state index contributed by atoms with van der Waals surface area (Å²) in [5, 5.41) is 22.8. The van der Waals surface area contributed by atoms with Crippen LogP contribution in [-0.4, -0.2) is 22.7 Å². The van der Waals surface area contributed by atoms with Crippen LogP contribution in [-0.2, 0) is 0 Å². The van der Waals surface area contributed by atoms with E-state index in [1.165, 1.54) is 12.1 Å². The van der Waals surface area contributed by atoms with Crippen LogP contribution in [0.1, 0.15) is 12.8 Å². The number of benzene rings is 1. The summed E-state index contributed by atoms with van der Waals surface area (Å²) in [4.78, 5) is 10.1. The molecule has 0 heterocycles. The van der Waals surface area contributed by atoms with E-state index in [9.17, 15) is 10.1 Å². The minimum atomic E-state index is -0.470. The van der Waals surface area contributed by atoms with Gasteiger partial charge in [-0.3, -0.25) is 10.1 Å². The molecule has 6 heteroatoms. The molecule has 1 aromatic rings. The van der Waals surface area contributed by atoms with Gasteiger partial charge >= 0.3 is 0 Å². The molecule has 1 aromatic carbocycles. The summed E-state index contributed by atoms with van der Waals surface area (Å²) in [5.41, 5.74) is 6.79. The summed E-state index contributed by atoms with van der Waals surface area (Å²) in [6, 6.07) is 4.38. The van der Waals surface area contributed by atoms with Crippen molar-refractivity contribution in [3.63, 3.8) is 0 Å². The van der Waals surface area contributed by atoms with Crippen LogP contribution in [0.15, 0.2) is 18.2 Å². The number of hydrogen-bond acceptors (Lipinski definition) is 5. The Morgan fingerprint density at radius 2 is 2.24 bits per heavy atom. The number of anilines is 2. The number of nitrogens with one attached hydrogen (secondary N) is 1. The van der Waals surface area contributed by atoms with Crippen LogP contribution < -0.4 is 11.1 Å². The van der Waals surface area contributed by atoms with E-state index in [1.807, 2.05) is 0 Å². The molecule has 0 saturated heterocycles. The van der Waals surface area contributed by atoms with Gasteiger partial charge in [-0.1, -0.05) is 0 Å². The van der Waals surface area contributed by atoms with Crippen LogP contribution in [0.25, 0.3) is 0 Å². The van der Waals surface area contributed by atoms with Crippen molar-refractivity contribution in [3.05, 3.63) is 28.3 Å². The third kappa shape index (κ3) is 2.65. The highest BCUT2D eigenvalue weighted by Crippen LogP contribution is 2.29. The molecule has 0 unspecified atom stereocenters. The van der Waals surface area contributed by atoms with Crippen molar-refractivity contribution < 1.29 is 10.0 Å². The Morgan fingerprint density at radius 1 is 1.53 bits per heavy atom. The molecule has 0 spiro atoms. The fraction of sp³-hybridized carbons (Fsp3) is 0.455. The molecule has 1 aliphatic rings. The largest absolute Gasteiger partial charge is 0.397 e. The first-order valence-corrected chi connectivity index (χ1v) is 5.52. The molecular formula is C11H15N3O3. The Labute approximate surface area is 98.6 Å². The molecule has 1 aliphatic carbocycles. The third-order valence-corrected chi connectivity index (χ3v) is 3.04. The highest BCUT2D eigenvalue weighted by Gasteiger charge is 2.26. The van der Waals surface area contributed by atoms with Crippen molar-refractivity contribution in [1.82, 2.24) is 0 Å². The second-order valence-corrected chi connectivity index (χ2v) is 4.40. The molecule has 6 nitrogen and oxygen atoms in total. The van der Waals surface area contributed by atoms with Gasteiger partial charge in [0.2, 0.25) is 0 Å². The molecule has 1 fully saturated rings. The number of hydrogen-bond donors (Lipinski definition) is 3. The number of nitro groups is 1. The molecule has 0 atom stereocenters. The molecule has 2 rings (SSSR count). The summed E-state index contributed by atoms with van der Waals surface area (Å²) in [6.07, 6.45) is 1.44. The molecule has 92 valence electrons. The van der Waals surface area contributed by atoms with E-state index in [-0.39, 0.29) is 11.8 Å². The number of aliphatic hydroxyl groups is 1. The number of rotatable bonds is 4. The maximum absolute atomic E-state index is 10.5. The zero-order valence-corrected chi connectivity index (χ0v) is 9.30. The lowest BCUT2D eigenvalue weighted by atomic mass is 9.82. The van der Waals surface area contributed by atoms with Gasteiger partial charge in [-0.05, 0) is 24.8 Å². The van der Waals surface area contributed by atoms with E-state index >= 15 is 0 Å². The normalized spacial score (nSPS) is 22.9. The molecule has 0 amide bonds. The highest BCUT2D eigenvalue weighted by molar-refractivity contribution is 5.69. The summed E-state index contributed by atoms with van der Waals surface area (Å²) in [6.45, 7) is 0.735. The monoisotopic (exact) mass is 237 g/mol. The molecule has 1 saturated carbocycles. The van der Waals surface area contributed by atoms with E-state index in [0.29, 0.717) is 17.3 Å². The maximum Gasteiger partial charge on any atom is 0.271 e. The van der Waals surface area contributed by atoms with Crippen LogP contribution in [0.5, 0.6) is 0 Å². The van der Waals surface area contributed by atoms with Gasteiger partial charge < -0.3 is 16.2 Å². The highest BCUT2D eigenvalue weighted by atomic mass is 16.6. The van der Waals surface area contributed by atoms with Crippen LogP contribution in [0, 0.1) is 16.0 Å². The smallest absolute Gasteiger partial charge is 0.271 e. The van der Waals surface area contributed by atoms with Crippen molar-refractivity contribution in [2.45, 2.75) is 18.9 Å². The Hall–Kier alpha value is -1.82. The van der Waals surface area contributed by atoms with Gasteiger partial charge in [0.25, 0.3) is 5.69 Å². The molecule has 0 aromatic heterocycles. The van der Waals surface area contributed by atoms with Crippen LogP contribution in [0.3, 0.4) is 0 Å². The SMILES string of the molecule is Nc1cc([N+](=O)[O-])ccc1NCC1CC(O)C1. The zero-order chi connectivity index (χ0) is 12.4. The van der Waals surface area contributed by atoms with E-state index in [1.54, 1.807) is 6.07 Å². The third-order valence-electron chi connectivity index (χ3n) is 3.04. The number of nitrogens with two attached hydrogens (primary N) is 1. The summed E-state index contributed by atoms with van der Waals surface area (Å²) >= 11 is 0. The lowest BCUT2D eigenvalue weighted by Crippen LogP contribution is -2.33. The average molecular weight is 237 g/mol. The number of nitrogen functional groups attached to an aromatic ring is 1. The van der Waals surface area contributed by atoms with Crippen molar-refractivity contribution in [2.75, 3.05) is 17.6 Å². The van der Waals surface area contributed by atoms with Gasteiger partial charge in [-0.25, -0.2) is 0 Å². The Balaban J connectivity index is 1.94. The molecule has 4 N–H and O–H groups in total. The first-order valence-electron chi connectivity index (χ1n) is 5.52. The second-order valence-electron chi connectivity index (χ2n) is 4.40. The van der Waals surface area contributed by atoms with Crippen molar-refractivity contribution in [1.29, 1.82) is 0 Å². The summed E-state index contributed by atoms with van der Waals surface area (Å²) in [7, 11) is 0. The van der Waals surface area contributed by atoms with Crippen LogP contribution in [0.2, 0.25) is 0 Å². The molecular weight excluding hydrogens is 222 g/mol. The summed E-state index contributed by atoms with van der Waals surface area (Å²) in [5.74, 6) is 0.458. The number of aliphatic hydroxyl groups excluding tert-OH is 1. The second kappa shape index (κ2) is 4.58. The van der Waals surface area contributed by atoms with E-state index in [4.69, 9.17) is 10.8 Å². The Kier molecular flexibility index (Phi) is 3.14. The lowest BCUT2D eigenvalue weighted by molar-refractivity contribution is -0.384. The van der Waals surface area contributed by atoms with Crippen molar-refractivity contribution in [3.8, 4) is 0 Å². The average Bonchev–Trinajstić information content (AvgIpc) is 2.24. The van der Waals surface area contributed by atoms with Crippen LogP contribution in [0.4, 0.5) is 17.1 Å². The standard InChI is InChI=1S/C11H15N3O3/c12-10-5-8(14(16)17)1-2-11(10)13-6-7-3-9(15)4-7/h1-2,5,7,9,13,15H,3-4,6,12H2. The minimum absolute atomic E-state index is 0.00730. The Bertz CT molecular complexity index is 430. The van der Waals surface area contributed by atoms with Crippen molar-refractivity contribution in [2.24, 2.45) is 5.92 Å². The lowest BCUT2D eigenvalue weighted by Gasteiger charge is -2.31.